The van der Waals surface area contributed by atoms with Crippen LogP contribution in [0.25, 0.3) is 16.9 Å². The quantitative estimate of drug-likeness (QED) is 0.182. The van der Waals surface area contributed by atoms with Crippen molar-refractivity contribution < 1.29 is 26.2 Å². The van der Waals surface area contributed by atoms with Gasteiger partial charge in [-0.25, -0.2) is 5.57 Å². The van der Waals surface area contributed by atoms with Gasteiger partial charge in [0.05, 0.1) is 0 Å². The Morgan fingerprint density at radius 1 is 0.605 bits per heavy atom. The van der Waals surface area contributed by atoms with E-state index in [1.54, 1.807) is 0 Å². The van der Waals surface area contributed by atoms with E-state index in [0.717, 1.165) is 12.8 Å². The van der Waals surface area contributed by atoms with Gasteiger partial charge in [-0.3, -0.25) is 6.08 Å². The fourth-order valence-electron chi connectivity index (χ4n) is 5.06. The summed E-state index contributed by atoms with van der Waals surface area (Å²) in [5, 5.41) is 1.35. The molecule has 2 aliphatic carbocycles. The van der Waals surface area contributed by atoms with E-state index in [-0.39, 0.29) is 39.7 Å². The third-order valence-electron chi connectivity index (χ3n) is 8.07. The van der Waals surface area contributed by atoms with Gasteiger partial charge in [0.2, 0.25) is 0 Å². The van der Waals surface area contributed by atoms with Crippen LogP contribution in [-0.4, -0.2) is 16.3 Å². The van der Waals surface area contributed by atoms with Gasteiger partial charge in [-0.05, 0) is 11.1 Å². The minimum absolute atomic E-state index is 0. The Morgan fingerprint density at radius 2 is 0.953 bits per heavy atom. The molecular formula is C40H57NSiZr. The van der Waals surface area contributed by atoms with Crippen LogP contribution in [0, 0.1) is 19.4 Å². The van der Waals surface area contributed by atoms with Crippen molar-refractivity contribution in [1.29, 1.82) is 0 Å². The molecule has 0 spiro atoms. The molecule has 3 aromatic carbocycles. The van der Waals surface area contributed by atoms with Crippen molar-refractivity contribution in [1.82, 2.24) is 0 Å². The number of rotatable bonds is 1. The molecule has 0 bridgehead atoms. The van der Waals surface area contributed by atoms with Crippen LogP contribution in [0.4, 0.5) is 0 Å². The van der Waals surface area contributed by atoms with Gasteiger partial charge in [0.25, 0.3) is 0 Å². The molecule has 0 aliphatic heterocycles. The first kappa shape index (κ1) is 41.2. The molecule has 0 saturated heterocycles. The van der Waals surface area contributed by atoms with E-state index >= 15 is 0 Å². The SMILES string of the molecule is CC1=[C-]C(C)C(C)=C1C.[CH3-].[NH-]C1CCCCCCCCCCC1.[SiH2]c1ccccc1.[Zr+3].c1ccc(-c2ccccc2)cc1. The number of hydrogen-bond acceptors (Lipinski definition) is 0. The van der Waals surface area contributed by atoms with Crippen molar-refractivity contribution in [2.24, 2.45) is 5.92 Å². The summed E-state index contributed by atoms with van der Waals surface area (Å²) in [5.41, 5.74) is 14.6. The molecule has 0 aromatic heterocycles. The summed E-state index contributed by atoms with van der Waals surface area (Å²) < 4.78 is 0. The standard InChI is InChI=1S/C12H24N.C12H10.C9H13.C6H7Si.CH3.Zr/c13-12-10-8-6-4-2-1-3-5-7-9-11-12;1-3-7-11(8-4-1)12-9-5-2-6-10-12;1-6-5-7(2)9(4)8(6)3;7-6-4-2-1-3-5-6;;/h12-13H,1-11H2;1-10H;6H,1-4H3;1-5H,7H2;1H3;/q-1;;-1;;-1;+3. The molecule has 1 fully saturated rings. The monoisotopic (exact) mass is 669 g/mol. The van der Waals surface area contributed by atoms with Crippen molar-refractivity contribution in [3.8, 4) is 11.1 Å². The Bertz CT molecular complexity index is 1080. The second kappa shape index (κ2) is 25.5. The van der Waals surface area contributed by atoms with Gasteiger partial charge in [-0.2, -0.15) is 11.1 Å². The van der Waals surface area contributed by atoms with Crippen LogP contribution in [0.1, 0.15) is 98.3 Å². The smallest absolute Gasteiger partial charge is 0.675 e. The summed E-state index contributed by atoms with van der Waals surface area (Å²) >= 11 is 0. The summed E-state index contributed by atoms with van der Waals surface area (Å²) in [5.74, 6) is 0.560. The molecule has 5 rings (SSSR count). The van der Waals surface area contributed by atoms with Gasteiger partial charge in [0.15, 0.2) is 0 Å². The largest absolute Gasteiger partial charge is 3.00 e. The van der Waals surface area contributed by atoms with Gasteiger partial charge < -0.3 is 13.2 Å². The Balaban J connectivity index is 0.000000551. The minimum Gasteiger partial charge on any atom is -0.675 e. The molecule has 0 amide bonds. The molecule has 230 valence electrons. The predicted octanol–water partition coefficient (Wildman–Crippen LogP) is 11.2. The molecule has 0 heterocycles. The summed E-state index contributed by atoms with van der Waals surface area (Å²) in [7, 11) is 1.90. The van der Waals surface area contributed by atoms with E-state index in [4.69, 9.17) is 5.73 Å². The molecule has 3 aromatic rings. The first-order valence-electron chi connectivity index (χ1n) is 15.8. The Kier molecular flexibility index (Phi) is 24.5. The fourth-order valence-corrected chi connectivity index (χ4v) is 5.34. The maximum atomic E-state index is 7.80. The fraction of sp³-hybridized carbons (Fsp3) is 0.425. The zero-order valence-corrected chi connectivity index (χ0v) is 31.7. The van der Waals surface area contributed by atoms with Crippen molar-refractivity contribution in [2.75, 3.05) is 0 Å². The zero-order valence-electron chi connectivity index (χ0n) is 27.8. The molecule has 1 unspecified atom stereocenters. The van der Waals surface area contributed by atoms with E-state index in [0.29, 0.717) is 5.92 Å². The molecule has 1 N–H and O–H groups in total. The Hall–Kier alpha value is -1.80. The van der Waals surface area contributed by atoms with Crippen LogP contribution >= 0.6 is 0 Å². The van der Waals surface area contributed by atoms with E-state index < -0.39 is 0 Å². The number of allylic oxidation sites excluding steroid dienone is 4. The Labute approximate surface area is 288 Å². The molecule has 43 heavy (non-hydrogen) atoms. The van der Waals surface area contributed by atoms with Crippen molar-refractivity contribution in [2.45, 2.75) is 104 Å². The molecule has 2 aliphatic rings. The average molecular weight is 671 g/mol. The first-order valence-corrected chi connectivity index (χ1v) is 16.6. The molecule has 1 atom stereocenters. The van der Waals surface area contributed by atoms with Crippen LogP contribution in [-0.2, 0) is 26.2 Å². The van der Waals surface area contributed by atoms with Gasteiger partial charge >= 0.3 is 26.2 Å². The van der Waals surface area contributed by atoms with Gasteiger partial charge in [0, 0.05) is 10.2 Å². The number of benzene rings is 3. The normalized spacial score (nSPS) is 17.3. The second-order valence-corrected chi connectivity index (χ2v) is 12.3. The third-order valence-corrected chi connectivity index (χ3v) is 8.54. The van der Waals surface area contributed by atoms with Gasteiger partial charge in [-0.15, -0.1) is 13.0 Å². The Morgan fingerprint density at radius 3 is 1.21 bits per heavy atom. The average Bonchev–Trinajstić information content (AvgIpc) is 3.22. The third kappa shape index (κ3) is 18.6. The van der Waals surface area contributed by atoms with E-state index in [1.807, 2.05) is 40.6 Å². The topological polar surface area (TPSA) is 23.8 Å². The second-order valence-electron chi connectivity index (χ2n) is 11.5. The summed E-state index contributed by atoms with van der Waals surface area (Å²) in [6, 6.07) is 31.3. The molecule has 1 nitrogen and oxygen atoms in total. The van der Waals surface area contributed by atoms with Crippen LogP contribution in [0.15, 0.2) is 108 Å². The van der Waals surface area contributed by atoms with E-state index in [2.05, 4.69) is 94.4 Å². The van der Waals surface area contributed by atoms with Crippen LogP contribution in [0.2, 0.25) is 0 Å². The molecule has 1 saturated carbocycles. The van der Waals surface area contributed by atoms with Gasteiger partial charge in [0.1, 0.15) is 0 Å². The molecule has 3 heteroatoms. The van der Waals surface area contributed by atoms with Crippen molar-refractivity contribution >= 4 is 15.4 Å². The maximum Gasteiger partial charge on any atom is 3.00 e. The first-order chi connectivity index (χ1) is 19.9. The van der Waals surface area contributed by atoms with Gasteiger partial charge in [-0.1, -0.05) is 194 Å². The molecule has 2 radical (unpaired) electrons. The molecular weight excluding hydrogens is 614 g/mol. The summed E-state index contributed by atoms with van der Waals surface area (Å²) in [6.45, 7) is 8.67. The van der Waals surface area contributed by atoms with Crippen molar-refractivity contribution in [3.05, 3.63) is 127 Å². The zero-order chi connectivity index (χ0) is 29.7. The van der Waals surface area contributed by atoms with Crippen LogP contribution < -0.4 is 5.19 Å². The van der Waals surface area contributed by atoms with E-state index in [1.165, 1.54) is 90.8 Å². The minimum atomic E-state index is 0. The predicted molar refractivity (Wildman–Crippen MR) is 192 cm³/mol. The van der Waals surface area contributed by atoms with E-state index in [9.17, 15) is 0 Å². The maximum absolute atomic E-state index is 7.80. The summed E-state index contributed by atoms with van der Waals surface area (Å²) in [6.07, 6.45) is 18.1. The van der Waals surface area contributed by atoms with Crippen LogP contribution in [0.5, 0.6) is 0 Å². The van der Waals surface area contributed by atoms with Crippen molar-refractivity contribution in [3.63, 3.8) is 0 Å². The number of nitrogens with one attached hydrogen (secondary N) is 1. The van der Waals surface area contributed by atoms with Crippen LogP contribution in [0.3, 0.4) is 0 Å². The summed E-state index contributed by atoms with van der Waals surface area (Å²) in [4.78, 5) is 0. The number of hydrogen-bond donors (Lipinski definition) is 0.